The van der Waals surface area contributed by atoms with E-state index >= 15 is 0 Å². The number of rotatable bonds is 1. The Morgan fingerprint density at radius 3 is 2.92 bits per heavy atom. The average molecular weight is 169 g/mol. The molecule has 0 aliphatic carbocycles. The number of methoxy groups -OCH3 is 1. The number of pyridine rings is 1. The first-order valence-electron chi connectivity index (χ1n) is 3.35. The fraction of sp³-hybridized carbons (Fsp3) is 0.250. The number of aromatic nitrogens is 1. The average Bonchev–Trinajstić information content (AvgIpc) is 2.08. The van der Waals surface area contributed by atoms with Crippen molar-refractivity contribution in [3.63, 3.8) is 0 Å². The minimum absolute atomic E-state index is 0.164. The predicted octanol–water partition coefficient (Wildman–Crippen LogP) is 1.32. The Labute approximate surface area is 69.2 Å². The van der Waals surface area contributed by atoms with Crippen LogP contribution in [-0.2, 0) is 4.74 Å². The molecule has 1 rings (SSSR count). The van der Waals surface area contributed by atoms with Crippen molar-refractivity contribution in [3.05, 3.63) is 29.3 Å². The second-order valence-electron chi connectivity index (χ2n) is 2.28. The first-order chi connectivity index (χ1) is 5.65. The molecular weight excluding hydrogens is 161 g/mol. The molecule has 0 aromatic carbocycles. The molecule has 0 unspecified atom stereocenters. The topological polar surface area (TPSA) is 39.2 Å². The lowest BCUT2D eigenvalue weighted by atomic mass is 10.2. The predicted molar refractivity (Wildman–Crippen MR) is 40.3 cm³/mol. The molecule has 64 valence electrons. The number of esters is 1. The van der Waals surface area contributed by atoms with Gasteiger partial charge in [0.25, 0.3) is 0 Å². The zero-order valence-corrected chi connectivity index (χ0v) is 6.80. The molecule has 0 saturated heterocycles. The maximum atomic E-state index is 12.6. The van der Waals surface area contributed by atoms with Crippen molar-refractivity contribution in [3.8, 4) is 0 Å². The Bertz CT molecular complexity index is 312. The van der Waals surface area contributed by atoms with Gasteiger partial charge in [0.1, 0.15) is 5.82 Å². The molecule has 0 bridgehead atoms. The summed E-state index contributed by atoms with van der Waals surface area (Å²) in [4.78, 5) is 14.6. The van der Waals surface area contributed by atoms with Gasteiger partial charge in [0, 0.05) is 0 Å². The number of hydrogen-bond acceptors (Lipinski definition) is 3. The summed E-state index contributed by atoms with van der Waals surface area (Å²) in [6, 6.07) is 1.11. The summed E-state index contributed by atoms with van der Waals surface area (Å²) in [5.41, 5.74) is 0.626. The quantitative estimate of drug-likeness (QED) is 0.595. The van der Waals surface area contributed by atoms with E-state index in [4.69, 9.17) is 0 Å². The van der Waals surface area contributed by atoms with Gasteiger partial charge >= 0.3 is 5.97 Å². The van der Waals surface area contributed by atoms with Crippen molar-refractivity contribution >= 4 is 5.97 Å². The molecule has 1 aromatic heterocycles. The molecule has 0 amide bonds. The molecule has 0 atom stereocenters. The number of halogens is 1. The number of hydrogen-bond donors (Lipinski definition) is 0. The van der Waals surface area contributed by atoms with Crippen molar-refractivity contribution in [2.24, 2.45) is 0 Å². The summed E-state index contributed by atoms with van der Waals surface area (Å²) >= 11 is 0. The molecule has 12 heavy (non-hydrogen) atoms. The van der Waals surface area contributed by atoms with Crippen LogP contribution >= 0.6 is 0 Å². The fourth-order valence-electron chi connectivity index (χ4n) is 0.824. The van der Waals surface area contributed by atoms with Gasteiger partial charge in [0.05, 0.1) is 24.6 Å². The molecule has 0 fully saturated rings. The number of ether oxygens (including phenoxy) is 1. The number of aryl methyl sites for hydroxylation is 1. The molecule has 0 N–H and O–H groups in total. The first kappa shape index (κ1) is 8.64. The lowest BCUT2D eigenvalue weighted by Crippen LogP contribution is -2.05. The third-order valence-electron chi connectivity index (χ3n) is 1.46. The third-order valence-corrected chi connectivity index (χ3v) is 1.46. The van der Waals surface area contributed by atoms with E-state index < -0.39 is 11.8 Å². The van der Waals surface area contributed by atoms with Gasteiger partial charge in [0.15, 0.2) is 0 Å². The van der Waals surface area contributed by atoms with Gasteiger partial charge in [-0.2, -0.15) is 0 Å². The summed E-state index contributed by atoms with van der Waals surface area (Å²) in [6.45, 7) is 1.62. The van der Waals surface area contributed by atoms with Crippen molar-refractivity contribution in [1.29, 1.82) is 0 Å². The summed E-state index contributed by atoms with van der Waals surface area (Å²) in [6.07, 6.45) is 1.06. The highest BCUT2D eigenvalue weighted by Crippen LogP contribution is 2.07. The summed E-state index contributed by atoms with van der Waals surface area (Å²) in [7, 11) is 1.24. The van der Waals surface area contributed by atoms with E-state index in [-0.39, 0.29) is 5.56 Å². The van der Waals surface area contributed by atoms with E-state index in [1.165, 1.54) is 7.11 Å². The van der Waals surface area contributed by atoms with Gasteiger partial charge in [-0.15, -0.1) is 0 Å². The Morgan fingerprint density at radius 2 is 2.33 bits per heavy atom. The van der Waals surface area contributed by atoms with Crippen molar-refractivity contribution in [2.45, 2.75) is 6.92 Å². The Morgan fingerprint density at radius 1 is 1.67 bits per heavy atom. The van der Waals surface area contributed by atoms with Gasteiger partial charge in [-0.3, -0.25) is 4.98 Å². The summed E-state index contributed by atoms with van der Waals surface area (Å²) < 4.78 is 17.0. The minimum atomic E-state index is -0.570. The third kappa shape index (κ3) is 1.58. The fourth-order valence-corrected chi connectivity index (χ4v) is 0.824. The maximum absolute atomic E-state index is 12.6. The van der Waals surface area contributed by atoms with E-state index in [1.807, 2.05) is 0 Å². The monoisotopic (exact) mass is 169 g/mol. The van der Waals surface area contributed by atoms with Gasteiger partial charge in [0.2, 0.25) is 0 Å². The lowest BCUT2D eigenvalue weighted by molar-refractivity contribution is 0.0598. The van der Waals surface area contributed by atoms with Gasteiger partial charge in [-0.1, -0.05) is 0 Å². The first-order valence-corrected chi connectivity index (χ1v) is 3.35. The second-order valence-corrected chi connectivity index (χ2v) is 2.28. The van der Waals surface area contributed by atoms with E-state index in [0.29, 0.717) is 5.69 Å². The van der Waals surface area contributed by atoms with Gasteiger partial charge < -0.3 is 4.74 Å². The van der Waals surface area contributed by atoms with Crippen LogP contribution in [0.4, 0.5) is 4.39 Å². The zero-order chi connectivity index (χ0) is 9.14. The zero-order valence-electron chi connectivity index (χ0n) is 6.80. The molecule has 4 heteroatoms. The Kier molecular flexibility index (Phi) is 2.38. The number of carbonyl (C=O) groups excluding carboxylic acids is 1. The largest absolute Gasteiger partial charge is 0.465 e. The van der Waals surface area contributed by atoms with Crippen molar-refractivity contribution in [2.75, 3.05) is 7.11 Å². The van der Waals surface area contributed by atoms with Crippen LogP contribution in [0.25, 0.3) is 0 Å². The number of nitrogens with zero attached hydrogens (tertiary/aromatic N) is 1. The van der Waals surface area contributed by atoms with E-state index in [1.54, 1.807) is 6.92 Å². The van der Waals surface area contributed by atoms with Crippen molar-refractivity contribution < 1.29 is 13.9 Å². The van der Waals surface area contributed by atoms with E-state index in [0.717, 1.165) is 12.3 Å². The maximum Gasteiger partial charge on any atom is 0.339 e. The molecule has 3 nitrogen and oxygen atoms in total. The highest BCUT2D eigenvalue weighted by Gasteiger charge is 2.10. The van der Waals surface area contributed by atoms with Gasteiger partial charge in [-0.25, -0.2) is 9.18 Å². The van der Waals surface area contributed by atoms with E-state index in [9.17, 15) is 9.18 Å². The SMILES string of the molecule is COC(=O)c1cc(F)cnc1C. The van der Waals surface area contributed by atoms with Crippen LogP contribution in [0.2, 0.25) is 0 Å². The lowest BCUT2D eigenvalue weighted by Gasteiger charge is -2.01. The summed E-state index contributed by atoms with van der Waals surface area (Å²) in [5.74, 6) is -1.11. The Balaban J connectivity index is 3.13. The summed E-state index contributed by atoms with van der Waals surface area (Å²) in [5, 5.41) is 0. The molecule has 0 saturated carbocycles. The number of carbonyl (C=O) groups is 1. The highest BCUT2D eigenvalue weighted by molar-refractivity contribution is 5.90. The molecule has 0 radical (unpaired) electrons. The van der Waals surface area contributed by atoms with Crippen LogP contribution in [0, 0.1) is 12.7 Å². The second kappa shape index (κ2) is 3.30. The molecule has 1 aromatic rings. The molecule has 0 aliphatic heterocycles. The molecule has 1 heterocycles. The smallest absolute Gasteiger partial charge is 0.339 e. The molecular formula is C8H8FNO2. The van der Waals surface area contributed by atoms with Crippen LogP contribution in [0.3, 0.4) is 0 Å². The van der Waals surface area contributed by atoms with Crippen LogP contribution in [0.15, 0.2) is 12.3 Å². The van der Waals surface area contributed by atoms with Crippen LogP contribution in [-0.4, -0.2) is 18.1 Å². The minimum Gasteiger partial charge on any atom is -0.465 e. The molecule has 0 spiro atoms. The van der Waals surface area contributed by atoms with Crippen LogP contribution < -0.4 is 0 Å². The molecule has 0 aliphatic rings. The van der Waals surface area contributed by atoms with E-state index in [2.05, 4.69) is 9.72 Å². The van der Waals surface area contributed by atoms with Crippen LogP contribution in [0.1, 0.15) is 16.1 Å². The highest BCUT2D eigenvalue weighted by atomic mass is 19.1. The Hall–Kier alpha value is -1.45. The standard InChI is InChI=1S/C8H8FNO2/c1-5-7(8(11)12-2)3-6(9)4-10-5/h3-4H,1-2H3. The van der Waals surface area contributed by atoms with Gasteiger partial charge in [-0.05, 0) is 13.0 Å². The normalized spacial score (nSPS) is 9.58. The van der Waals surface area contributed by atoms with Crippen molar-refractivity contribution in [1.82, 2.24) is 4.98 Å². The van der Waals surface area contributed by atoms with Crippen LogP contribution in [0.5, 0.6) is 0 Å².